The Balaban J connectivity index is 1.65. The van der Waals surface area contributed by atoms with E-state index in [1.165, 1.54) is 21.7 Å². The Bertz CT molecular complexity index is 880. The largest absolute Gasteiger partial charge is 0.321 e. The number of para-hydroxylation sites is 2. The van der Waals surface area contributed by atoms with Gasteiger partial charge < -0.3 is 10.7 Å². The van der Waals surface area contributed by atoms with Gasteiger partial charge in [-0.2, -0.15) is 5.10 Å². The number of ketones is 1. The van der Waals surface area contributed by atoms with Gasteiger partial charge in [-0.25, -0.2) is 5.84 Å². The van der Waals surface area contributed by atoms with Crippen molar-refractivity contribution < 1.29 is 9.59 Å². The molecule has 28 heavy (non-hydrogen) atoms. The van der Waals surface area contributed by atoms with Crippen molar-refractivity contribution in [2.75, 3.05) is 22.2 Å². The number of alkyl halides is 1. The van der Waals surface area contributed by atoms with Crippen LogP contribution in [0.15, 0.2) is 65.8 Å². The smallest absolute Gasteiger partial charge is 0.256 e. The summed E-state index contributed by atoms with van der Waals surface area (Å²) in [7, 11) is 0. The van der Waals surface area contributed by atoms with E-state index in [0.717, 1.165) is 0 Å². The third-order valence-electron chi connectivity index (χ3n) is 4.42. The van der Waals surface area contributed by atoms with Crippen molar-refractivity contribution in [1.29, 1.82) is 0 Å². The number of benzene rings is 2. The summed E-state index contributed by atoms with van der Waals surface area (Å²) in [6.07, 6.45) is 0.141. The molecule has 1 heterocycles. The maximum Gasteiger partial charge on any atom is 0.256 e. The van der Waals surface area contributed by atoms with E-state index in [-0.39, 0.29) is 18.7 Å². The first-order valence-electron chi connectivity index (χ1n) is 8.57. The van der Waals surface area contributed by atoms with E-state index < -0.39 is 10.8 Å². The summed E-state index contributed by atoms with van der Waals surface area (Å²) in [5, 5.41) is 5.41. The highest BCUT2D eigenvalue weighted by Crippen LogP contribution is 2.34. The van der Waals surface area contributed by atoms with Crippen molar-refractivity contribution in [2.24, 2.45) is 16.8 Å². The molecule has 2 aromatic carbocycles. The number of carbonyl (C=O) groups is 2. The van der Waals surface area contributed by atoms with Gasteiger partial charge in [-0.1, -0.05) is 59.8 Å². The predicted octanol–water partition coefficient (Wildman–Crippen LogP) is 2.31. The lowest BCUT2D eigenvalue weighted by Gasteiger charge is -2.22. The lowest BCUT2D eigenvalue weighted by Crippen LogP contribution is -2.40. The van der Waals surface area contributed by atoms with E-state index in [2.05, 4.69) is 5.10 Å². The van der Waals surface area contributed by atoms with Crippen LogP contribution >= 0.6 is 23.4 Å². The maximum atomic E-state index is 12.8. The molecule has 7 nitrogen and oxygen atoms in total. The SMILES string of the molecule is NN=C(SCCC1(Cl)C(=O)CN(c2ccccc2)C1=O)N(N)c1ccccc1. The van der Waals surface area contributed by atoms with Crippen molar-refractivity contribution in [2.45, 2.75) is 11.3 Å². The monoisotopic (exact) mass is 417 g/mol. The van der Waals surface area contributed by atoms with E-state index in [1.807, 2.05) is 36.4 Å². The zero-order valence-electron chi connectivity index (χ0n) is 15.0. The molecule has 0 saturated carbocycles. The number of anilines is 2. The highest BCUT2D eigenvalue weighted by Gasteiger charge is 2.52. The second-order valence-corrected chi connectivity index (χ2v) is 7.87. The van der Waals surface area contributed by atoms with Crippen molar-refractivity contribution in [3.8, 4) is 0 Å². The summed E-state index contributed by atoms with van der Waals surface area (Å²) in [6, 6.07) is 18.2. The van der Waals surface area contributed by atoms with E-state index >= 15 is 0 Å². The third-order valence-corrected chi connectivity index (χ3v) is 5.95. The summed E-state index contributed by atoms with van der Waals surface area (Å²) in [5.41, 5.74) is 1.36. The second-order valence-electron chi connectivity index (χ2n) is 6.17. The van der Waals surface area contributed by atoms with Crippen molar-refractivity contribution in [3.63, 3.8) is 0 Å². The molecule has 146 valence electrons. The third kappa shape index (κ3) is 3.99. The van der Waals surface area contributed by atoms with Gasteiger partial charge >= 0.3 is 0 Å². The fourth-order valence-electron chi connectivity index (χ4n) is 2.89. The minimum atomic E-state index is -1.59. The average Bonchev–Trinajstić information content (AvgIpc) is 2.96. The lowest BCUT2D eigenvalue weighted by molar-refractivity contribution is -0.125. The standard InChI is InChI=1S/C19H20ClN5O2S/c20-19(16(26)13-24(17(19)27)14-7-3-1-4-8-14)11-12-28-18(23-21)25(22)15-9-5-2-6-10-15/h1-10H,11-13,21-22H2. The number of nitrogens with zero attached hydrogens (tertiary/aromatic N) is 3. The number of amidine groups is 1. The molecule has 1 amide bonds. The molecular weight excluding hydrogens is 398 g/mol. The molecule has 0 radical (unpaired) electrons. The topological polar surface area (TPSA) is 105 Å². The van der Waals surface area contributed by atoms with Crippen LogP contribution in [0.2, 0.25) is 0 Å². The van der Waals surface area contributed by atoms with Crippen LogP contribution in [0.25, 0.3) is 0 Å². The van der Waals surface area contributed by atoms with Gasteiger partial charge in [-0.15, -0.1) is 0 Å². The molecule has 4 N–H and O–H groups in total. The van der Waals surface area contributed by atoms with E-state index in [1.54, 1.807) is 24.3 Å². The quantitative estimate of drug-likeness (QED) is 0.193. The van der Waals surface area contributed by atoms with Gasteiger partial charge in [0, 0.05) is 11.4 Å². The zero-order chi connectivity index (χ0) is 20.1. The Morgan fingerprint density at radius 3 is 2.36 bits per heavy atom. The van der Waals surface area contributed by atoms with Gasteiger partial charge in [-0.05, 0) is 30.7 Å². The molecule has 0 spiro atoms. The van der Waals surface area contributed by atoms with Gasteiger partial charge in [0.2, 0.25) is 5.17 Å². The van der Waals surface area contributed by atoms with Crippen molar-refractivity contribution >= 4 is 51.6 Å². The number of hydrazine groups is 1. The molecule has 1 fully saturated rings. The van der Waals surface area contributed by atoms with Crippen LogP contribution in [0.5, 0.6) is 0 Å². The molecule has 0 aliphatic carbocycles. The van der Waals surface area contributed by atoms with Gasteiger partial charge in [-0.3, -0.25) is 14.6 Å². The van der Waals surface area contributed by atoms with Crippen LogP contribution in [0.4, 0.5) is 11.4 Å². The summed E-state index contributed by atoms with van der Waals surface area (Å²) in [6.45, 7) is -0.0398. The number of hydrazone groups is 1. The Morgan fingerprint density at radius 2 is 1.75 bits per heavy atom. The molecule has 9 heteroatoms. The van der Waals surface area contributed by atoms with Crippen LogP contribution in [-0.4, -0.2) is 34.0 Å². The second kappa shape index (κ2) is 8.64. The molecule has 0 bridgehead atoms. The van der Waals surface area contributed by atoms with Gasteiger partial charge in [0.15, 0.2) is 10.7 Å². The summed E-state index contributed by atoms with van der Waals surface area (Å²) in [4.78, 5) is 25.1. The number of hydrogen-bond donors (Lipinski definition) is 2. The Kier molecular flexibility index (Phi) is 6.23. The summed E-state index contributed by atoms with van der Waals surface area (Å²) >= 11 is 7.70. The first-order valence-corrected chi connectivity index (χ1v) is 9.93. The van der Waals surface area contributed by atoms with Gasteiger partial charge in [0.25, 0.3) is 5.91 Å². The number of nitrogens with two attached hydrogens (primary N) is 2. The molecule has 1 unspecified atom stereocenters. The van der Waals surface area contributed by atoms with E-state index in [4.69, 9.17) is 23.3 Å². The fraction of sp³-hybridized carbons (Fsp3) is 0.211. The Hall–Kier alpha value is -2.55. The fourth-order valence-corrected chi connectivity index (χ4v) is 4.17. The Labute approximate surface area is 172 Å². The number of Topliss-reactive ketones (excluding diaryl/α,β-unsaturated/α-hetero) is 1. The molecule has 1 atom stereocenters. The molecule has 1 saturated heterocycles. The van der Waals surface area contributed by atoms with Crippen LogP contribution < -0.4 is 21.6 Å². The number of rotatable bonds is 5. The van der Waals surface area contributed by atoms with Crippen LogP contribution in [0, 0.1) is 0 Å². The average molecular weight is 418 g/mol. The minimum absolute atomic E-state index is 0.0398. The van der Waals surface area contributed by atoms with E-state index in [9.17, 15) is 9.59 Å². The van der Waals surface area contributed by atoms with Crippen LogP contribution in [0.3, 0.4) is 0 Å². The number of thioether (sulfide) groups is 1. The molecular formula is C19H20ClN5O2S. The van der Waals surface area contributed by atoms with Crippen LogP contribution in [0.1, 0.15) is 6.42 Å². The van der Waals surface area contributed by atoms with E-state index in [0.29, 0.717) is 22.3 Å². The summed E-state index contributed by atoms with van der Waals surface area (Å²) in [5.74, 6) is 11.1. The summed E-state index contributed by atoms with van der Waals surface area (Å²) < 4.78 is 0. The molecule has 3 rings (SSSR count). The van der Waals surface area contributed by atoms with Crippen molar-refractivity contribution in [1.82, 2.24) is 0 Å². The molecule has 1 aliphatic rings. The minimum Gasteiger partial charge on any atom is -0.321 e. The van der Waals surface area contributed by atoms with Gasteiger partial charge in [0.1, 0.15) is 0 Å². The highest BCUT2D eigenvalue weighted by atomic mass is 35.5. The highest BCUT2D eigenvalue weighted by molar-refractivity contribution is 8.14. The van der Waals surface area contributed by atoms with Crippen LogP contribution in [-0.2, 0) is 9.59 Å². The molecule has 2 aromatic rings. The Morgan fingerprint density at radius 1 is 1.14 bits per heavy atom. The molecule has 0 aromatic heterocycles. The number of carbonyl (C=O) groups excluding carboxylic acids is 2. The maximum absolute atomic E-state index is 12.8. The first-order chi connectivity index (χ1) is 13.5. The zero-order valence-corrected chi connectivity index (χ0v) is 16.6. The van der Waals surface area contributed by atoms with Crippen molar-refractivity contribution in [3.05, 3.63) is 60.7 Å². The number of amides is 1. The first kappa shape index (κ1) is 20.2. The number of hydrogen-bond acceptors (Lipinski definition) is 6. The van der Waals surface area contributed by atoms with Gasteiger partial charge in [0.05, 0.1) is 12.2 Å². The number of halogens is 1. The molecule has 1 aliphatic heterocycles. The lowest BCUT2D eigenvalue weighted by atomic mass is 10.0. The predicted molar refractivity (Wildman–Crippen MR) is 114 cm³/mol. The normalized spacial score (nSPS) is 19.9.